The molecular weight excluding hydrogens is 294 g/mol. The Balaban J connectivity index is 1.94. The van der Waals surface area contributed by atoms with Crippen LogP contribution in [0.5, 0.6) is 5.75 Å². The summed E-state index contributed by atoms with van der Waals surface area (Å²) in [7, 11) is 1.56. The zero-order valence-corrected chi connectivity index (χ0v) is 12.3. The lowest BCUT2D eigenvalue weighted by molar-refractivity contribution is 0.102. The number of carbonyl (C=O) groups excluding carboxylic acids is 1. The second-order valence-corrected chi connectivity index (χ2v) is 4.81. The van der Waals surface area contributed by atoms with Crippen molar-refractivity contribution in [1.29, 1.82) is 0 Å². The van der Waals surface area contributed by atoms with Crippen LogP contribution in [0.2, 0.25) is 0 Å². The molecule has 0 radical (unpaired) electrons. The van der Waals surface area contributed by atoms with Gasteiger partial charge in [0.05, 0.1) is 18.3 Å². The molecule has 1 aromatic heterocycles. The molecule has 0 spiro atoms. The highest BCUT2D eigenvalue weighted by Gasteiger charge is 2.11. The molecule has 0 saturated carbocycles. The summed E-state index contributed by atoms with van der Waals surface area (Å²) in [5.74, 6) is 0.404. The number of pyridine rings is 1. The van der Waals surface area contributed by atoms with Crippen LogP contribution in [0.25, 0.3) is 10.9 Å². The molecule has 0 atom stereocenters. The van der Waals surface area contributed by atoms with E-state index >= 15 is 0 Å². The summed E-state index contributed by atoms with van der Waals surface area (Å²) in [5.41, 5.74) is 1.82. The van der Waals surface area contributed by atoms with E-state index in [1.807, 2.05) is 0 Å². The highest BCUT2D eigenvalue weighted by Crippen LogP contribution is 2.30. The van der Waals surface area contributed by atoms with Gasteiger partial charge in [0, 0.05) is 17.1 Å². The predicted octanol–water partition coefficient (Wildman–Crippen LogP) is 3.89. The number of nitrogens with zero attached hydrogens (tertiary/aromatic N) is 2. The molecule has 1 amide bonds. The van der Waals surface area contributed by atoms with E-state index in [1.165, 1.54) is 0 Å². The van der Waals surface area contributed by atoms with Gasteiger partial charge in [0.25, 0.3) is 5.91 Å². The largest absolute Gasteiger partial charge is 0.497 e. The van der Waals surface area contributed by atoms with Crippen molar-refractivity contribution in [2.75, 3.05) is 12.4 Å². The van der Waals surface area contributed by atoms with E-state index in [-0.39, 0.29) is 11.6 Å². The van der Waals surface area contributed by atoms with E-state index in [0.717, 1.165) is 0 Å². The Morgan fingerprint density at radius 1 is 1.13 bits per heavy atom. The van der Waals surface area contributed by atoms with Crippen molar-refractivity contribution in [3.8, 4) is 5.75 Å². The van der Waals surface area contributed by atoms with Crippen LogP contribution in [-0.2, 0) is 0 Å². The van der Waals surface area contributed by atoms with Gasteiger partial charge in [0.15, 0.2) is 0 Å². The van der Waals surface area contributed by atoms with E-state index in [1.54, 1.807) is 61.8 Å². The summed E-state index contributed by atoms with van der Waals surface area (Å²) >= 11 is 0. The number of methoxy groups -OCH3 is 1. The number of fused-ring (bicyclic) bond motifs is 1. The molecule has 0 saturated heterocycles. The van der Waals surface area contributed by atoms with Crippen molar-refractivity contribution in [3.05, 3.63) is 65.2 Å². The minimum absolute atomic E-state index is 0.272. The van der Waals surface area contributed by atoms with Crippen molar-refractivity contribution in [2.24, 2.45) is 5.18 Å². The minimum atomic E-state index is -0.272. The van der Waals surface area contributed by atoms with Crippen LogP contribution in [-0.4, -0.2) is 18.0 Å². The fraction of sp³-hybridized carbons (Fsp3) is 0.0588. The lowest BCUT2D eigenvalue weighted by atomic mass is 10.1. The number of nitroso groups, excluding NO2 is 1. The van der Waals surface area contributed by atoms with Gasteiger partial charge in [-0.3, -0.25) is 9.78 Å². The number of benzene rings is 2. The lowest BCUT2D eigenvalue weighted by Crippen LogP contribution is -2.12. The third-order valence-electron chi connectivity index (χ3n) is 3.45. The maximum absolute atomic E-state index is 12.3. The third kappa shape index (κ3) is 2.87. The molecule has 0 fully saturated rings. The van der Waals surface area contributed by atoms with E-state index in [2.05, 4.69) is 15.5 Å². The summed E-state index contributed by atoms with van der Waals surface area (Å²) in [6, 6.07) is 13.4. The fourth-order valence-corrected chi connectivity index (χ4v) is 2.27. The summed E-state index contributed by atoms with van der Waals surface area (Å²) in [5, 5.41) is 6.38. The van der Waals surface area contributed by atoms with Crippen molar-refractivity contribution in [2.45, 2.75) is 0 Å². The Labute approximate surface area is 132 Å². The number of rotatable bonds is 4. The molecule has 0 aliphatic heterocycles. The SMILES string of the molecule is COc1ccc(C(=O)Nc2ccc(N=O)c3cccnc23)cc1. The fourth-order valence-electron chi connectivity index (χ4n) is 2.27. The van der Waals surface area contributed by atoms with E-state index in [4.69, 9.17) is 4.74 Å². The Bertz CT molecular complexity index is 876. The Morgan fingerprint density at radius 3 is 2.61 bits per heavy atom. The normalized spacial score (nSPS) is 10.3. The molecule has 0 aliphatic carbocycles. The molecule has 6 heteroatoms. The second kappa shape index (κ2) is 6.23. The number of aromatic nitrogens is 1. The average molecular weight is 307 g/mol. The summed E-state index contributed by atoms with van der Waals surface area (Å²) in [4.78, 5) is 27.4. The van der Waals surface area contributed by atoms with Gasteiger partial charge in [-0.2, -0.15) is 0 Å². The Morgan fingerprint density at radius 2 is 1.91 bits per heavy atom. The smallest absolute Gasteiger partial charge is 0.255 e. The van der Waals surface area contributed by atoms with Crippen molar-refractivity contribution in [3.63, 3.8) is 0 Å². The van der Waals surface area contributed by atoms with Gasteiger partial charge in [0.2, 0.25) is 0 Å². The van der Waals surface area contributed by atoms with Crippen molar-refractivity contribution < 1.29 is 9.53 Å². The summed E-state index contributed by atoms with van der Waals surface area (Å²) < 4.78 is 5.07. The van der Waals surface area contributed by atoms with E-state index in [9.17, 15) is 9.70 Å². The maximum atomic E-state index is 12.3. The molecule has 1 N–H and O–H groups in total. The molecule has 114 valence electrons. The highest BCUT2D eigenvalue weighted by molar-refractivity contribution is 6.09. The topological polar surface area (TPSA) is 80.6 Å². The molecule has 1 heterocycles. The monoisotopic (exact) mass is 307 g/mol. The quantitative estimate of drug-likeness (QED) is 0.741. The average Bonchev–Trinajstić information content (AvgIpc) is 2.62. The van der Waals surface area contributed by atoms with Crippen LogP contribution in [0.1, 0.15) is 10.4 Å². The highest BCUT2D eigenvalue weighted by atomic mass is 16.5. The molecule has 0 bridgehead atoms. The van der Waals surface area contributed by atoms with E-state index < -0.39 is 0 Å². The number of carbonyl (C=O) groups is 1. The van der Waals surface area contributed by atoms with Gasteiger partial charge < -0.3 is 10.1 Å². The first kappa shape index (κ1) is 14.6. The number of amides is 1. The molecule has 0 aliphatic rings. The van der Waals surface area contributed by atoms with Crippen molar-refractivity contribution >= 4 is 28.2 Å². The molecule has 23 heavy (non-hydrogen) atoms. The Hall–Kier alpha value is -3.28. The number of nitrogens with one attached hydrogen (secondary N) is 1. The van der Waals surface area contributed by atoms with Crippen LogP contribution in [0.15, 0.2) is 59.9 Å². The van der Waals surface area contributed by atoms with Gasteiger partial charge in [-0.25, -0.2) is 0 Å². The standard InChI is InChI=1S/C17H13N3O3/c1-23-12-6-4-11(5-7-12)17(21)19-15-9-8-14(20-22)13-3-2-10-18-16(13)15/h2-10H,1H3,(H,19,21). The molecule has 0 unspecified atom stereocenters. The Kier molecular flexibility index (Phi) is 3.97. The van der Waals surface area contributed by atoms with Gasteiger partial charge in [-0.15, -0.1) is 4.91 Å². The third-order valence-corrected chi connectivity index (χ3v) is 3.45. The summed E-state index contributed by atoms with van der Waals surface area (Å²) in [6.07, 6.45) is 1.60. The van der Waals surface area contributed by atoms with Gasteiger partial charge in [0.1, 0.15) is 11.4 Å². The summed E-state index contributed by atoms with van der Waals surface area (Å²) in [6.45, 7) is 0. The van der Waals surface area contributed by atoms with Crippen LogP contribution in [0, 0.1) is 4.91 Å². The lowest BCUT2D eigenvalue weighted by Gasteiger charge is -2.09. The first-order chi connectivity index (χ1) is 11.2. The zero-order valence-electron chi connectivity index (χ0n) is 12.3. The van der Waals surface area contributed by atoms with Crippen LogP contribution < -0.4 is 10.1 Å². The minimum Gasteiger partial charge on any atom is -0.497 e. The second-order valence-electron chi connectivity index (χ2n) is 4.81. The molecular formula is C17H13N3O3. The first-order valence-corrected chi connectivity index (χ1v) is 6.89. The maximum Gasteiger partial charge on any atom is 0.255 e. The molecule has 6 nitrogen and oxygen atoms in total. The van der Waals surface area contributed by atoms with Crippen LogP contribution in [0.4, 0.5) is 11.4 Å². The number of hydrogen-bond donors (Lipinski definition) is 1. The molecule has 3 rings (SSSR count). The number of anilines is 1. The number of hydrogen-bond acceptors (Lipinski definition) is 5. The van der Waals surface area contributed by atoms with Crippen LogP contribution in [0.3, 0.4) is 0 Å². The zero-order chi connectivity index (χ0) is 16.2. The first-order valence-electron chi connectivity index (χ1n) is 6.89. The van der Waals surface area contributed by atoms with E-state index in [0.29, 0.717) is 27.9 Å². The van der Waals surface area contributed by atoms with Gasteiger partial charge in [-0.05, 0) is 53.7 Å². The molecule has 3 aromatic rings. The molecule has 2 aromatic carbocycles. The van der Waals surface area contributed by atoms with Crippen molar-refractivity contribution in [1.82, 2.24) is 4.98 Å². The van der Waals surface area contributed by atoms with Crippen LogP contribution >= 0.6 is 0 Å². The number of ether oxygens (including phenoxy) is 1. The van der Waals surface area contributed by atoms with Gasteiger partial charge >= 0.3 is 0 Å². The van der Waals surface area contributed by atoms with Gasteiger partial charge in [-0.1, -0.05) is 0 Å². The predicted molar refractivity (Wildman–Crippen MR) is 88.1 cm³/mol.